The lowest BCUT2D eigenvalue weighted by molar-refractivity contribution is 1.09. The molecule has 0 N–H and O–H groups in total. The molecule has 0 aliphatic heterocycles. The summed E-state index contributed by atoms with van der Waals surface area (Å²) in [6.45, 7) is 8.22. The van der Waals surface area contributed by atoms with Gasteiger partial charge in [0.05, 0.1) is 0 Å². The Morgan fingerprint density at radius 2 is 1.89 bits per heavy atom. The summed E-state index contributed by atoms with van der Waals surface area (Å²) in [5, 5.41) is 0. The summed E-state index contributed by atoms with van der Waals surface area (Å²) in [6, 6.07) is 0. The van der Waals surface area contributed by atoms with Crippen molar-refractivity contribution < 1.29 is 0 Å². The molecule has 0 aromatic heterocycles. The molecule has 0 bridgehead atoms. The van der Waals surface area contributed by atoms with Crippen LogP contribution in [0.25, 0.3) is 0 Å². The molecule has 9 heavy (non-hydrogen) atoms. The van der Waals surface area contributed by atoms with Crippen molar-refractivity contribution >= 4 is 5.71 Å². The van der Waals surface area contributed by atoms with Crippen molar-refractivity contribution in [2.45, 2.75) is 34.1 Å². The van der Waals surface area contributed by atoms with E-state index in [1.807, 2.05) is 20.0 Å². The average Bonchev–Trinajstić information content (AvgIpc) is 1.83. The first-order chi connectivity index (χ1) is 4.16. The van der Waals surface area contributed by atoms with Crippen LogP contribution in [0.15, 0.2) is 16.8 Å². The van der Waals surface area contributed by atoms with E-state index < -0.39 is 0 Å². The first-order valence-corrected chi connectivity index (χ1v) is 3.33. The molecule has 0 aliphatic rings. The molecule has 0 aromatic carbocycles. The summed E-state index contributed by atoms with van der Waals surface area (Å²) in [7, 11) is 0. The average molecular weight is 125 g/mol. The Hall–Kier alpha value is -0.590. The molecule has 0 amide bonds. The van der Waals surface area contributed by atoms with E-state index in [0.29, 0.717) is 0 Å². The molecule has 0 aromatic rings. The minimum atomic E-state index is 1.09. The monoisotopic (exact) mass is 125 g/mol. The lowest BCUT2D eigenvalue weighted by atomic mass is 10.3. The summed E-state index contributed by atoms with van der Waals surface area (Å²) < 4.78 is 0. The van der Waals surface area contributed by atoms with Gasteiger partial charge in [-0.15, -0.1) is 0 Å². The van der Waals surface area contributed by atoms with E-state index in [9.17, 15) is 0 Å². The molecular formula is C8H15N. The Morgan fingerprint density at radius 1 is 1.33 bits per heavy atom. The van der Waals surface area contributed by atoms with Gasteiger partial charge in [0.15, 0.2) is 0 Å². The van der Waals surface area contributed by atoms with Gasteiger partial charge in [-0.1, -0.05) is 12.5 Å². The van der Waals surface area contributed by atoms with E-state index in [-0.39, 0.29) is 0 Å². The largest absolute Gasteiger partial charge is 0.266 e. The van der Waals surface area contributed by atoms with Crippen LogP contribution in [0.5, 0.6) is 0 Å². The van der Waals surface area contributed by atoms with Gasteiger partial charge in [0.25, 0.3) is 0 Å². The number of nitrogens with zero attached hydrogens (tertiary/aromatic N) is 1. The van der Waals surface area contributed by atoms with E-state index in [4.69, 9.17) is 0 Å². The van der Waals surface area contributed by atoms with Crippen LogP contribution in [0.4, 0.5) is 0 Å². The number of hydrogen-bond donors (Lipinski definition) is 0. The third-order valence-corrected chi connectivity index (χ3v) is 1.10. The predicted molar refractivity (Wildman–Crippen MR) is 42.8 cm³/mol. The van der Waals surface area contributed by atoms with E-state index in [0.717, 1.165) is 12.1 Å². The van der Waals surface area contributed by atoms with Crippen LogP contribution in [-0.4, -0.2) is 5.71 Å². The fraction of sp³-hybridized carbons (Fsp3) is 0.625. The van der Waals surface area contributed by atoms with Gasteiger partial charge in [0.1, 0.15) is 0 Å². The van der Waals surface area contributed by atoms with Crippen molar-refractivity contribution in [1.29, 1.82) is 0 Å². The van der Waals surface area contributed by atoms with Crippen molar-refractivity contribution in [3.8, 4) is 0 Å². The second-order valence-electron chi connectivity index (χ2n) is 2.41. The van der Waals surface area contributed by atoms with Gasteiger partial charge in [0, 0.05) is 11.9 Å². The lowest BCUT2D eigenvalue weighted by Crippen LogP contribution is -1.77. The molecule has 0 rings (SSSR count). The van der Waals surface area contributed by atoms with Crippen LogP contribution in [0.1, 0.15) is 34.1 Å². The quantitative estimate of drug-likeness (QED) is 0.503. The maximum atomic E-state index is 4.15. The Labute approximate surface area is 57.5 Å². The second-order valence-corrected chi connectivity index (χ2v) is 2.41. The molecule has 1 heteroatoms. The molecule has 0 heterocycles. The fourth-order valence-corrected chi connectivity index (χ4v) is 0.331. The molecule has 0 fully saturated rings. The minimum absolute atomic E-state index is 1.09. The van der Waals surface area contributed by atoms with Gasteiger partial charge in [0.2, 0.25) is 0 Å². The predicted octanol–water partition coefficient (Wildman–Crippen LogP) is 2.78. The lowest BCUT2D eigenvalue weighted by Gasteiger charge is -1.89. The van der Waals surface area contributed by atoms with Gasteiger partial charge in [-0.05, 0) is 27.2 Å². The van der Waals surface area contributed by atoms with Crippen molar-refractivity contribution in [1.82, 2.24) is 0 Å². The summed E-state index contributed by atoms with van der Waals surface area (Å²) in [5.74, 6) is 0. The Bertz CT molecular complexity index is 128. The highest BCUT2D eigenvalue weighted by atomic mass is 14.7. The highest BCUT2D eigenvalue weighted by Crippen LogP contribution is 1.97. The highest BCUT2D eigenvalue weighted by molar-refractivity contribution is 5.79. The van der Waals surface area contributed by atoms with Crippen LogP contribution < -0.4 is 0 Å². The first kappa shape index (κ1) is 8.41. The smallest absolute Gasteiger partial charge is 0.0256 e. The molecule has 0 spiro atoms. The number of rotatable bonds is 2. The van der Waals surface area contributed by atoms with E-state index >= 15 is 0 Å². The van der Waals surface area contributed by atoms with E-state index in [1.165, 1.54) is 5.57 Å². The SMILES string of the molecule is CCC(C)=CN=C(C)C. The molecule has 0 saturated carbocycles. The van der Waals surface area contributed by atoms with Crippen LogP contribution in [0.2, 0.25) is 0 Å². The van der Waals surface area contributed by atoms with E-state index in [2.05, 4.69) is 18.8 Å². The molecule has 52 valence electrons. The van der Waals surface area contributed by atoms with Crippen molar-refractivity contribution in [3.63, 3.8) is 0 Å². The maximum Gasteiger partial charge on any atom is 0.0256 e. The third-order valence-electron chi connectivity index (χ3n) is 1.10. The van der Waals surface area contributed by atoms with E-state index in [1.54, 1.807) is 0 Å². The van der Waals surface area contributed by atoms with Gasteiger partial charge in [-0.25, -0.2) is 0 Å². The van der Waals surface area contributed by atoms with Crippen LogP contribution in [0.3, 0.4) is 0 Å². The van der Waals surface area contributed by atoms with Crippen LogP contribution in [0, 0.1) is 0 Å². The topological polar surface area (TPSA) is 12.4 Å². The molecule has 0 atom stereocenters. The summed E-state index contributed by atoms with van der Waals surface area (Å²) in [5.41, 5.74) is 2.44. The van der Waals surface area contributed by atoms with Crippen molar-refractivity contribution in [2.75, 3.05) is 0 Å². The zero-order valence-corrected chi connectivity index (χ0v) is 6.73. The van der Waals surface area contributed by atoms with Gasteiger partial charge < -0.3 is 0 Å². The fourth-order valence-electron chi connectivity index (χ4n) is 0.331. The second kappa shape index (κ2) is 4.30. The molecule has 0 aliphatic carbocycles. The first-order valence-electron chi connectivity index (χ1n) is 3.33. The summed E-state index contributed by atoms with van der Waals surface area (Å²) in [4.78, 5) is 4.15. The number of aliphatic imine (C=N–C) groups is 1. The number of allylic oxidation sites excluding steroid dienone is 1. The standard InChI is InChI=1S/C8H15N/c1-5-8(4)6-9-7(2)3/h6H,5H2,1-4H3. The molecule has 0 unspecified atom stereocenters. The van der Waals surface area contributed by atoms with Crippen molar-refractivity contribution in [2.24, 2.45) is 4.99 Å². The molecule has 0 saturated heterocycles. The minimum Gasteiger partial charge on any atom is -0.266 e. The number of hydrogen-bond acceptors (Lipinski definition) is 1. The normalized spacial score (nSPS) is 11.3. The Morgan fingerprint density at radius 3 is 2.22 bits per heavy atom. The Balaban J connectivity index is 3.83. The maximum absolute atomic E-state index is 4.15. The van der Waals surface area contributed by atoms with Crippen molar-refractivity contribution in [3.05, 3.63) is 11.8 Å². The molecule has 0 radical (unpaired) electrons. The molecular weight excluding hydrogens is 110 g/mol. The third kappa shape index (κ3) is 5.28. The zero-order chi connectivity index (χ0) is 7.28. The summed E-state index contributed by atoms with van der Waals surface area (Å²) in [6.07, 6.45) is 3.02. The van der Waals surface area contributed by atoms with Crippen LogP contribution >= 0.6 is 0 Å². The highest BCUT2D eigenvalue weighted by Gasteiger charge is 1.79. The molecule has 1 nitrogen and oxygen atoms in total. The summed E-state index contributed by atoms with van der Waals surface area (Å²) >= 11 is 0. The van der Waals surface area contributed by atoms with Gasteiger partial charge >= 0.3 is 0 Å². The van der Waals surface area contributed by atoms with Crippen LogP contribution in [-0.2, 0) is 0 Å². The Kier molecular flexibility index (Phi) is 4.02. The van der Waals surface area contributed by atoms with Gasteiger partial charge in [-0.2, -0.15) is 0 Å². The zero-order valence-electron chi connectivity index (χ0n) is 6.73. The van der Waals surface area contributed by atoms with Gasteiger partial charge in [-0.3, -0.25) is 4.99 Å².